The lowest BCUT2D eigenvalue weighted by molar-refractivity contribution is 0.184. The zero-order valence-corrected chi connectivity index (χ0v) is 15.9. The standard InChI is InChI=1S/C18H20ClN5O3/c1-21-15-14(16(25)24(18(21)26)10-11-27-2)23-9-3-8-22(17(23)20-15)13-6-4-12(19)5-7-13/h4-7H,3,8-11H2,1-2H3. The Kier molecular flexibility index (Phi) is 4.53. The van der Waals surface area contributed by atoms with Crippen LogP contribution in [-0.4, -0.2) is 38.9 Å². The van der Waals surface area contributed by atoms with Crippen LogP contribution in [0.4, 0.5) is 11.6 Å². The lowest BCUT2D eigenvalue weighted by Crippen LogP contribution is -2.40. The first-order valence-corrected chi connectivity index (χ1v) is 9.13. The number of imidazole rings is 1. The van der Waals surface area contributed by atoms with E-state index in [-0.39, 0.29) is 12.1 Å². The molecule has 1 aromatic carbocycles. The van der Waals surface area contributed by atoms with Crippen molar-refractivity contribution in [2.24, 2.45) is 7.05 Å². The third-order valence-electron chi connectivity index (χ3n) is 4.87. The van der Waals surface area contributed by atoms with Crippen molar-refractivity contribution in [1.29, 1.82) is 0 Å². The summed E-state index contributed by atoms with van der Waals surface area (Å²) in [5.74, 6) is 0.662. The summed E-state index contributed by atoms with van der Waals surface area (Å²) in [7, 11) is 3.18. The molecule has 9 heteroatoms. The molecule has 1 aliphatic rings. The number of benzene rings is 1. The predicted octanol–water partition coefficient (Wildman–Crippen LogP) is 1.74. The SMILES string of the molecule is COCCn1c(=O)c2c(nc3n2CCCN3c2ccc(Cl)cc2)n(C)c1=O. The molecule has 0 atom stereocenters. The highest BCUT2D eigenvalue weighted by molar-refractivity contribution is 6.30. The number of hydrogen-bond acceptors (Lipinski definition) is 5. The third kappa shape index (κ3) is 2.85. The number of hydrogen-bond donors (Lipinski definition) is 0. The molecule has 0 unspecified atom stereocenters. The quantitative estimate of drug-likeness (QED) is 0.679. The van der Waals surface area contributed by atoms with Crippen LogP contribution in [0.25, 0.3) is 11.2 Å². The molecule has 0 amide bonds. The molecular formula is C18H20ClN5O3. The van der Waals surface area contributed by atoms with Crippen LogP contribution in [-0.2, 0) is 24.9 Å². The fourth-order valence-electron chi connectivity index (χ4n) is 3.51. The van der Waals surface area contributed by atoms with Crippen LogP contribution in [0.2, 0.25) is 5.02 Å². The Morgan fingerprint density at radius 2 is 1.93 bits per heavy atom. The Labute approximate surface area is 160 Å². The number of ether oxygens (including phenoxy) is 1. The van der Waals surface area contributed by atoms with Crippen LogP contribution in [0.5, 0.6) is 0 Å². The third-order valence-corrected chi connectivity index (χ3v) is 5.13. The average molecular weight is 390 g/mol. The molecule has 1 aliphatic heterocycles. The van der Waals surface area contributed by atoms with Crippen molar-refractivity contribution in [2.45, 2.75) is 19.5 Å². The minimum atomic E-state index is -0.391. The zero-order chi connectivity index (χ0) is 19.1. The summed E-state index contributed by atoms with van der Waals surface area (Å²) in [4.78, 5) is 32.3. The predicted molar refractivity (Wildman–Crippen MR) is 104 cm³/mol. The second-order valence-corrected chi connectivity index (χ2v) is 6.94. The van der Waals surface area contributed by atoms with Gasteiger partial charge >= 0.3 is 5.69 Å². The van der Waals surface area contributed by atoms with Gasteiger partial charge in [0.15, 0.2) is 11.2 Å². The summed E-state index contributed by atoms with van der Waals surface area (Å²) in [6.07, 6.45) is 0.863. The van der Waals surface area contributed by atoms with Gasteiger partial charge in [0.25, 0.3) is 5.56 Å². The molecule has 0 saturated carbocycles. The van der Waals surface area contributed by atoms with Crippen molar-refractivity contribution in [3.63, 3.8) is 0 Å². The average Bonchev–Trinajstić information content (AvgIpc) is 3.07. The van der Waals surface area contributed by atoms with E-state index in [9.17, 15) is 9.59 Å². The lowest BCUT2D eigenvalue weighted by atomic mass is 10.2. The first kappa shape index (κ1) is 17.8. The highest BCUT2D eigenvalue weighted by atomic mass is 35.5. The van der Waals surface area contributed by atoms with Gasteiger partial charge in [0.05, 0.1) is 13.2 Å². The molecule has 142 valence electrons. The maximum Gasteiger partial charge on any atom is 0.332 e. The van der Waals surface area contributed by atoms with Crippen LogP contribution >= 0.6 is 11.6 Å². The number of halogens is 1. The summed E-state index contributed by atoms with van der Waals surface area (Å²) in [6.45, 7) is 1.95. The van der Waals surface area contributed by atoms with E-state index in [1.165, 1.54) is 9.13 Å². The highest BCUT2D eigenvalue weighted by Crippen LogP contribution is 2.31. The van der Waals surface area contributed by atoms with E-state index in [1.807, 2.05) is 33.7 Å². The van der Waals surface area contributed by atoms with E-state index in [0.29, 0.717) is 35.3 Å². The Bertz CT molecular complexity index is 1110. The van der Waals surface area contributed by atoms with Crippen molar-refractivity contribution < 1.29 is 4.74 Å². The van der Waals surface area contributed by atoms with Gasteiger partial charge < -0.3 is 14.2 Å². The van der Waals surface area contributed by atoms with Gasteiger partial charge in [0.1, 0.15) is 0 Å². The molecule has 0 fully saturated rings. The topological polar surface area (TPSA) is 74.3 Å². The molecule has 0 aliphatic carbocycles. The van der Waals surface area contributed by atoms with Gasteiger partial charge in [-0.2, -0.15) is 4.98 Å². The molecule has 3 heterocycles. The van der Waals surface area contributed by atoms with Crippen molar-refractivity contribution in [3.8, 4) is 0 Å². The second kappa shape index (κ2) is 6.86. The second-order valence-electron chi connectivity index (χ2n) is 6.51. The molecule has 0 spiro atoms. The molecule has 0 saturated heterocycles. The van der Waals surface area contributed by atoms with E-state index in [4.69, 9.17) is 16.3 Å². The number of nitrogens with zero attached hydrogens (tertiary/aromatic N) is 5. The minimum absolute atomic E-state index is 0.208. The minimum Gasteiger partial charge on any atom is -0.383 e. The van der Waals surface area contributed by atoms with Gasteiger partial charge in [-0.15, -0.1) is 0 Å². The van der Waals surface area contributed by atoms with E-state index >= 15 is 0 Å². The molecular weight excluding hydrogens is 370 g/mol. The van der Waals surface area contributed by atoms with Crippen LogP contribution < -0.4 is 16.1 Å². The lowest BCUT2D eigenvalue weighted by Gasteiger charge is -2.29. The van der Waals surface area contributed by atoms with Crippen LogP contribution in [0.1, 0.15) is 6.42 Å². The van der Waals surface area contributed by atoms with Crippen molar-refractivity contribution in [2.75, 3.05) is 25.2 Å². The molecule has 8 nitrogen and oxygen atoms in total. The molecule has 0 radical (unpaired) electrons. The molecule has 27 heavy (non-hydrogen) atoms. The maximum atomic E-state index is 13.0. The monoisotopic (exact) mass is 389 g/mol. The Morgan fingerprint density at radius 3 is 2.63 bits per heavy atom. The van der Waals surface area contributed by atoms with Crippen molar-refractivity contribution in [3.05, 3.63) is 50.1 Å². The van der Waals surface area contributed by atoms with Crippen molar-refractivity contribution >= 4 is 34.4 Å². The Morgan fingerprint density at radius 1 is 1.19 bits per heavy atom. The largest absolute Gasteiger partial charge is 0.383 e. The van der Waals surface area contributed by atoms with Gasteiger partial charge in [-0.1, -0.05) is 11.6 Å². The molecule has 4 rings (SSSR count). The summed E-state index contributed by atoms with van der Waals surface area (Å²) < 4.78 is 9.58. The molecule has 3 aromatic rings. The summed E-state index contributed by atoms with van der Waals surface area (Å²) in [5.41, 5.74) is 1.07. The first-order chi connectivity index (χ1) is 13.0. The van der Waals surface area contributed by atoms with Crippen molar-refractivity contribution in [1.82, 2.24) is 18.7 Å². The number of fused-ring (bicyclic) bond motifs is 3. The summed E-state index contributed by atoms with van der Waals surface area (Å²) >= 11 is 6.00. The van der Waals surface area contributed by atoms with Gasteiger partial charge in [0.2, 0.25) is 5.95 Å². The molecule has 0 bridgehead atoms. The fraction of sp³-hybridized carbons (Fsp3) is 0.389. The van der Waals surface area contributed by atoms with Crippen LogP contribution in [0.15, 0.2) is 33.9 Å². The normalized spacial score (nSPS) is 14.0. The molecule has 0 N–H and O–H groups in total. The van der Waals surface area contributed by atoms with Gasteiger partial charge in [-0.3, -0.25) is 13.9 Å². The van der Waals surface area contributed by atoms with E-state index in [2.05, 4.69) is 4.98 Å². The van der Waals surface area contributed by atoms with Gasteiger partial charge in [0, 0.05) is 38.0 Å². The fourth-order valence-corrected chi connectivity index (χ4v) is 3.64. The Hall–Kier alpha value is -2.58. The number of methoxy groups -OCH3 is 1. The first-order valence-electron chi connectivity index (χ1n) is 8.75. The number of rotatable bonds is 4. The smallest absolute Gasteiger partial charge is 0.332 e. The van der Waals surface area contributed by atoms with E-state index < -0.39 is 5.69 Å². The summed E-state index contributed by atoms with van der Waals surface area (Å²) in [5, 5.41) is 0.660. The zero-order valence-electron chi connectivity index (χ0n) is 15.2. The van der Waals surface area contributed by atoms with Gasteiger partial charge in [-0.05, 0) is 30.7 Å². The van der Waals surface area contributed by atoms with Crippen LogP contribution in [0.3, 0.4) is 0 Å². The number of aryl methyl sites for hydroxylation is 2. The Balaban J connectivity index is 1.94. The summed E-state index contributed by atoms with van der Waals surface area (Å²) in [6, 6.07) is 7.50. The number of anilines is 2. The highest BCUT2D eigenvalue weighted by Gasteiger charge is 2.26. The van der Waals surface area contributed by atoms with Crippen LogP contribution in [0, 0.1) is 0 Å². The van der Waals surface area contributed by atoms with Gasteiger partial charge in [-0.25, -0.2) is 4.79 Å². The maximum absolute atomic E-state index is 13.0. The molecule has 2 aromatic heterocycles. The van der Waals surface area contributed by atoms with E-state index in [0.717, 1.165) is 18.7 Å². The van der Waals surface area contributed by atoms with E-state index in [1.54, 1.807) is 14.2 Å². The number of aromatic nitrogens is 4.